The van der Waals surface area contributed by atoms with E-state index in [1.165, 1.54) is 0 Å². The molecule has 0 fully saturated rings. The quantitative estimate of drug-likeness (QED) is 0.644. The van der Waals surface area contributed by atoms with Crippen LogP contribution in [0.25, 0.3) is 0 Å². The maximum Gasteiger partial charge on any atom is 0.150 e. The Kier molecular flexibility index (Phi) is 4.66. The third kappa shape index (κ3) is 2.68. The Morgan fingerprint density at radius 1 is 1.20 bits per heavy atom. The van der Waals surface area contributed by atoms with E-state index in [0.29, 0.717) is 5.75 Å². The number of hydrogen-bond acceptors (Lipinski definition) is 3. The van der Waals surface area contributed by atoms with E-state index in [-0.39, 0.29) is 12.4 Å². The highest BCUT2D eigenvalue weighted by Crippen LogP contribution is 2.05. The Balaban J connectivity index is 0.000000810. The van der Waals surface area contributed by atoms with Gasteiger partial charge in [0.1, 0.15) is 5.75 Å². The van der Waals surface area contributed by atoms with E-state index in [1.807, 2.05) is 18.2 Å². The van der Waals surface area contributed by atoms with E-state index < -0.39 is 0 Å². The fraction of sp³-hybridized carbons (Fsp3) is 0. The van der Waals surface area contributed by atoms with Gasteiger partial charge in [-0.2, -0.15) is 0 Å². The first-order valence-corrected chi connectivity index (χ1v) is 2.54. The van der Waals surface area contributed by atoms with Crippen LogP contribution < -0.4 is 10.5 Å². The Bertz CT molecular complexity index is 169. The van der Waals surface area contributed by atoms with Crippen molar-refractivity contribution in [1.29, 1.82) is 0 Å². The third-order valence-corrected chi connectivity index (χ3v) is 0.907. The standard InChI is InChI=1S/C6H7NO2.ClH/c8-7-9-6-4-2-1-3-5-6;/h1-5,7-8H;1H. The summed E-state index contributed by atoms with van der Waals surface area (Å²) in [6.07, 6.45) is 0. The molecule has 0 amide bonds. The average Bonchev–Trinajstić information content (AvgIpc) is 1.91. The summed E-state index contributed by atoms with van der Waals surface area (Å²) < 4.78 is 0. The summed E-state index contributed by atoms with van der Waals surface area (Å²) in [5.74, 6) is 0.583. The average molecular weight is 162 g/mol. The molecule has 0 bridgehead atoms. The molecule has 56 valence electrons. The lowest BCUT2D eigenvalue weighted by Gasteiger charge is -1.97. The van der Waals surface area contributed by atoms with Crippen LogP contribution in [-0.2, 0) is 0 Å². The molecule has 1 rings (SSSR count). The zero-order valence-electron chi connectivity index (χ0n) is 5.15. The highest BCUT2D eigenvalue weighted by molar-refractivity contribution is 5.85. The van der Waals surface area contributed by atoms with Crippen LogP contribution in [0.5, 0.6) is 5.75 Å². The van der Waals surface area contributed by atoms with Gasteiger partial charge < -0.3 is 4.84 Å². The fourth-order valence-corrected chi connectivity index (χ4v) is 0.541. The van der Waals surface area contributed by atoms with Crippen molar-refractivity contribution >= 4 is 12.4 Å². The van der Waals surface area contributed by atoms with E-state index in [0.717, 1.165) is 0 Å². The largest absolute Gasteiger partial charge is 0.384 e. The Hall–Kier alpha value is -0.770. The van der Waals surface area contributed by atoms with E-state index in [9.17, 15) is 0 Å². The first-order valence-electron chi connectivity index (χ1n) is 2.54. The van der Waals surface area contributed by atoms with Gasteiger partial charge in [0.15, 0.2) is 0 Å². The summed E-state index contributed by atoms with van der Waals surface area (Å²) in [5.41, 5.74) is 1.58. The minimum atomic E-state index is 0. The number of rotatable bonds is 2. The third-order valence-electron chi connectivity index (χ3n) is 0.907. The van der Waals surface area contributed by atoms with Gasteiger partial charge in [0.05, 0.1) is 0 Å². The van der Waals surface area contributed by atoms with Crippen molar-refractivity contribution in [2.45, 2.75) is 0 Å². The summed E-state index contributed by atoms with van der Waals surface area (Å²) in [6.45, 7) is 0. The normalized spacial score (nSPS) is 8.10. The van der Waals surface area contributed by atoms with Crippen molar-refractivity contribution in [3.8, 4) is 5.75 Å². The molecular weight excluding hydrogens is 154 g/mol. The van der Waals surface area contributed by atoms with Crippen LogP contribution in [0.4, 0.5) is 0 Å². The van der Waals surface area contributed by atoms with Gasteiger partial charge in [-0.05, 0) is 17.8 Å². The van der Waals surface area contributed by atoms with Gasteiger partial charge in [-0.15, -0.1) is 12.4 Å². The number of halogens is 1. The maximum atomic E-state index is 8.05. The topological polar surface area (TPSA) is 41.5 Å². The van der Waals surface area contributed by atoms with Gasteiger partial charge in [-0.25, -0.2) is 0 Å². The summed E-state index contributed by atoms with van der Waals surface area (Å²) in [7, 11) is 0. The summed E-state index contributed by atoms with van der Waals surface area (Å²) in [4.78, 5) is 4.51. The lowest BCUT2D eigenvalue weighted by Crippen LogP contribution is -2.11. The molecule has 3 nitrogen and oxygen atoms in total. The SMILES string of the molecule is Cl.ONOc1ccccc1. The monoisotopic (exact) mass is 161 g/mol. The number of hydrogen-bond donors (Lipinski definition) is 2. The molecule has 0 aliphatic carbocycles. The summed E-state index contributed by atoms with van der Waals surface area (Å²) in [6, 6.07) is 8.94. The molecule has 0 saturated carbocycles. The van der Waals surface area contributed by atoms with Gasteiger partial charge in [-0.3, -0.25) is 5.21 Å². The molecule has 0 radical (unpaired) electrons. The minimum Gasteiger partial charge on any atom is -0.384 e. The lowest BCUT2D eigenvalue weighted by atomic mass is 10.3. The van der Waals surface area contributed by atoms with Gasteiger partial charge in [-0.1, -0.05) is 18.2 Å². The molecule has 0 aliphatic heterocycles. The van der Waals surface area contributed by atoms with Crippen LogP contribution in [0.2, 0.25) is 0 Å². The second-order valence-electron chi connectivity index (χ2n) is 1.51. The second-order valence-corrected chi connectivity index (χ2v) is 1.51. The Morgan fingerprint density at radius 2 is 1.80 bits per heavy atom. The highest BCUT2D eigenvalue weighted by Gasteiger charge is 1.84. The molecule has 0 saturated heterocycles. The zero-order chi connectivity index (χ0) is 6.53. The molecule has 4 heteroatoms. The van der Waals surface area contributed by atoms with E-state index >= 15 is 0 Å². The van der Waals surface area contributed by atoms with Crippen molar-refractivity contribution in [2.75, 3.05) is 0 Å². The summed E-state index contributed by atoms with van der Waals surface area (Å²) in [5, 5.41) is 8.05. The van der Waals surface area contributed by atoms with Gasteiger partial charge in [0.2, 0.25) is 0 Å². The van der Waals surface area contributed by atoms with Crippen LogP contribution >= 0.6 is 12.4 Å². The Labute approximate surface area is 65.0 Å². The number of benzene rings is 1. The van der Waals surface area contributed by atoms with E-state index in [1.54, 1.807) is 17.8 Å². The predicted octanol–water partition coefficient (Wildman–Crippen LogP) is 1.38. The van der Waals surface area contributed by atoms with Crippen molar-refractivity contribution < 1.29 is 10.0 Å². The smallest absolute Gasteiger partial charge is 0.150 e. The van der Waals surface area contributed by atoms with Gasteiger partial charge in [0.25, 0.3) is 0 Å². The first kappa shape index (κ1) is 9.23. The molecule has 0 atom stereocenters. The number of nitrogens with one attached hydrogen (secondary N) is 1. The predicted molar refractivity (Wildman–Crippen MR) is 39.2 cm³/mol. The molecule has 2 N–H and O–H groups in total. The molecule has 0 aromatic heterocycles. The molecule has 0 unspecified atom stereocenters. The van der Waals surface area contributed by atoms with Crippen LogP contribution in [0, 0.1) is 0 Å². The van der Waals surface area contributed by atoms with Crippen LogP contribution in [-0.4, -0.2) is 5.21 Å². The van der Waals surface area contributed by atoms with Crippen molar-refractivity contribution in [3.05, 3.63) is 30.3 Å². The zero-order valence-corrected chi connectivity index (χ0v) is 5.97. The van der Waals surface area contributed by atoms with Crippen LogP contribution in [0.15, 0.2) is 30.3 Å². The fourth-order valence-electron chi connectivity index (χ4n) is 0.541. The van der Waals surface area contributed by atoms with Crippen molar-refractivity contribution in [3.63, 3.8) is 0 Å². The van der Waals surface area contributed by atoms with Crippen LogP contribution in [0.1, 0.15) is 0 Å². The van der Waals surface area contributed by atoms with Crippen molar-refractivity contribution in [1.82, 2.24) is 5.64 Å². The van der Waals surface area contributed by atoms with Gasteiger partial charge >= 0.3 is 0 Å². The molecule has 1 aromatic rings. The van der Waals surface area contributed by atoms with E-state index in [4.69, 9.17) is 5.21 Å². The number of para-hydroxylation sites is 1. The van der Waals surface area contributed by atoms with Gasteiger partial charge in [0, 0.05) is 0 Å². The summed E-state index contributed by atoms with van der Waals surface area (Å²) >= 11 is 0. The van der Waals surface area contributed by atoms with Crippen molar-refractivity contribution in [2.24, 2.45) is 0 Å². The molecule has 0 heterocycles. The maximum absolute atomic E-state index is 8.05. The highest BCUT2D eigenvalue weighted by atomic mass is 35.5. The van der Waals surface area contributed by atoms with E-state index in [2.05, 4.69) is 4.84 Å². The van der Waals surface area contributed by atoms with Crippen LogP contribution in [0.3, 0.4) is 0 Å². The second kappa shape index (κ2) is 5.05. The molecular formula is C6H8ClNO2. The Morgan fingerprint density at radius 3 is 2.30 bits per heavy atom. The minimum absolute atomic E-state index is 0. The molecule has 10 heavy (non-hydrogen) atoms. The molecule has 1 aromatic carbocycles. The lowest BCUT2D eigenvalue weighted by molar-refractivity contribution is -0.0435. The molecule has 0 spiro atoms. The first-order chi connectivity index (χ1) is 4.43. The molecule has 0 aliphatic rings.